The molecule has 0 bridgehead atoms. The minimum Gasteiger partial charge on any atom is -0.304 e. The maximum absolute atomic E-state index is 11.1. The second-order valence-corrected chi connectivity index (χ2v) is 4.92. The number of fused-ring (bicyclic) bond motifs is 1. The molecule has 1 fully saturated rings. The molecular weight excluding hydrogens is 202 g/mol. The molecule has 1 aliphatic carbocycles. The molecule has 0 radical (unpaired) electrons. The van der Waals surface area contributed by atoms with Gasteiger partial charge in [-0.2, -0.15) is 0 Å². The molecule has 0 amide bonds. The molecule has 2 aliphatic rings. The fourth-order valence-corrected chi connectivity index (χ4v) is 3.06. The zero-order chi connectivity index (χ0) is 11.0. The highest BCUT2D eigenvalue weighted by Gasteiger charge is 2.29. The summed E-state index contributed by atoms with van der Waals surface area (Å²) in [5.41, 5.74) is 0. The van der Waals surface area contributed by atoms with E-state index in [1.807, 2.05) is 0 Å². The van der Waals surface area contributed by atoms with Crippen molar-refractivity contribution in [3.63, 3.8) is 0 Å². The summed E-state index contributed by atoms with van der Waals surface area (Å²) in [6.07, 6.45) is 9.06. The van der Waals surface area contributed by atoms with Crippen molar-refractivity contribution < 1.29 is 4.79 Å². The summed E-state index contributed by atoms with van der Waals surface area (Å²) in [5.74, 6) is 2.64. The van der Waals surface area contributed by atoms with Crippen LogP contribution in [0.4, 0.5) is 0 Å². The van der Waals surface area contributed by atoms with Crippen LogP contribution < -0.4 is 0 Å². The standard InChI is InChI=1S/C12H17N3O/c16-8-10-6-3-7-11-13-14-12(15(10)11)9-4-1-2-5-9/h8-10H,1-7H2. The number of carbonyl (C=O) groups excluding carboxylic acids is 1. The predicted octanol–water partition coefficient (Wildman–Crippen LogP) is 2.01. The Morgan fingerprint density at radius 3 is 2.69 bits per heavy atom. The van der Waals surface area contributed by atoms with Crippen LogP contribution in [0.25, 0.3) is 0 Å². The lowest BCUT2D eigenvalue weighted by atomic mass is 10.0. The van der Waals surface area contributed by atoms with Gasteiger partial charge in [-0.3, -0.25) is 0 Å². The van der Waals surface area contributed by atoms with Gasteiger partial charge in [-0.25, -0.2) is 0 Å². The highest BCUT2D eigenvalue weighted by atomic mass is 16.1. The maximum Gasteiger partial charge on any atom is 0.142 e. The van der Waals surface area contributed by atoms with Crippen molar-refractivity contribution in [3.8, 4) is 0 Å². The molecule has 4 nitrogen and oxygen atoms in total. The van der Waals surface area contributed by atoms with Crippen LogP contribution in [-0.2, 0) is 11.2 Å². The van der Waals surface area contributed by atoms with Crippen LogP contribution in [0.1, 0.15) is 62.1 Å². The first-order chi connectivity index (χ1) is 7.90. The first kappa shape index (κ1) is 10.00. The van der Waals surface area contributed by atoms with Gasteiger partial charge in [0.25, 0.3) is 0 Å². The van der Waals surface area contributed by atoms with E-state index in [0.717, 1.165) is 37.2 Å². The number of nitrogens with zero attached hydrogens (tertiary/aromatic N) is 3. The van der Waals surface area contributed by atoms with Crippen LogP contribution in [-0.4, -0.2) is 21.1 Å². The van der Waals surface area contributed by atoms with Crippen LogP contribution in [0.2, 0.25) is 0 Å². The van der Waals surface area contributed by atoms with Crippen molar-refractivity contribution >= 4 is 6.29 Å². The third-order valence-electron chi connectivity index (χ3n) is 3.90. The minimum atomic E-state index is -0.00523. The van der Waals surface area contributed by atoms with Crippen LogP contribution >= 0.6 is 0 Å². The monoisotopic (exact) mass is 219 g/mol. The van der Waals surface area contributed by atoms with E-state index in [1.54, 1.807) is 0 Å². The number of aryl methyl sites for hydroxylation is 1. The Morgan fingerprint density at radius 1 is 1.12 bits per heavy atom. The molecule has 0 N–H and O–H groups in total. The molecule has 1 saturated carbocycles. The Morgan fingerprint density at radius 2 is 1.94 bits per heavy atom. The lowest BCUT2D eigenvalue weighted by Crippen LogP contribution is -2.22. The molecule has 3 rings (SSSR count). The number of carbonyl (C=O) groups is 1. The first-order valence-corrected chi connectivity index (χ1v) is 6.29. The molecule has 0 saturated heterocycles. The summed E-state index contributed by atoms with van der Waals surface area (Å²) < 4.78 is 2.12. The van der Waals surface area contributed by atoms with E-state index in [-0.39, 0.29) is 6.04 Å². The van der Waals surface area contributed by atoms with Gasteiger partial charge in [0.2, 0.25) is 0 Å². The van der Waals surface area contributed by atoms with Gasteiger partial charge in [0.1, 0.15) is 17.9 Å². The van der Waals surface area contributed by atoms with E-state index in [4.69, 9.17) is 0 Å². The molecule has 1 aromatic rings. The molecule has 4 heteroatoms. The Balaban J connectivity index is 1.99. The lowest BCUT2D eigenvalue weighted by Gasteiger charge is -2.23. The van der Waals surface area contributed by atoms with Gasteiger partial charge in [0.05, 0.1) is 6.04 Å². The Kier molecular flexibility index (Phi) is 2.50. The van der Waals surface area contributed by atoms with Crippen molar-refractivity contribution in [2.45, 2.75) is 56.9 Å². The average molecular weight is 219 g/mol. The van der Waals surface area contributed by atoms with E-state index in [2.05, 4.69) is 14.8 Å². The van der Waals surface area contributed by atoms with Crippen molar-refractivity contribution in [1.29, 1.82) is 0 Å². The van der Waals surface area contributed by atoms with Crippen molar-refractivity contribution in [2.24, 2.45) is 0 Å². The van der Waals surface area contributed by atoms with Gasteiger partial charge < -0.3 is 9.36 Å². The molecule has 2 heterocycles. The molecule has 0 aromatic carbocycles. The quantitative estimate of drug-likeness (QED) is 0.715. The fourth-order valence-electron chi connectivity index (χ4n) is 3.06. The maximum atomic E-state index is 11.1. The zero-order valence-corrected chi connectivity index (χ0v) is 9.43. The summed E-state index contributed by atoms with van der Waals surface area (Å²) in [6, 6.07) is -0.00523. The second-order valence-electron chi connectivity index (χ2n) is 4.92. The van der Waals surface area contributed by atoms with Gasteiger partial charge in [0, 0.05) is 12.3 Å². The predicted molar refractivity (Wildman–Crippen MR) is 59.3 cm³/mol. The van der Waals surface area contributed by atoms with E-state index >= 15 is 0 Å². The largest absolute Gasteiger partial charge is 0.304 e. The second kappa shape index (κ2) is 4.00. The van der Waals surface area contributed by atoms with Crippen molar-refractivity contribution in [3.05, 3.63) is 11.6 Å². The third-order valence-corrected chi connectivity index (χ3v) is 3.90. The van der Waals surface area contributed by atoms with Gasteiger partial charge in [0.15, 0.2) is 0 Å². The topological polar surface area (TPSA) is 47.8 Å². The number of hydrogen-bond donors (Lipinski definition) is 0. The van der Waals surface area contributed by atoms with Crippen LogP contribution in [0.15, 0.2) is 0 Å². The highest BCUT2D eigenvalue weighted by Crippen LogP contribution is 2.36. The number of hydrogen-bond acceptors (Lipinski definition) is 3. The smallest absolute Gasteiger partial charge is 0.142 e. The Bertz CT molecular complexity index is 393. The van der Waals surface area contributed by atoms with Gasteiger partial charge >= 0.3 is 0 Å². The lowest BCUT2D eigenvalue weighted by molar-refractivity contribution is -0.111. The van der Waals surface area contributed by atoms with E-state index in [0.29, 0.717) is 5.92 Å². The van der Waals surface area contributed by atoms with E-state index in [9.17, 15) is 4.79 Å². The number of rotatable bonds is 2. The molecule has 0 spiro atoms. The summed E-state index contributed by atoms with van der Waals surface area (Å²) in [7, 11) is 0. The normalized spacial score (nSPS) is 25.6. The summed E-state index contributed by atoms with van der Waals surface area (Å²) >= 11 is 0. The van der Waals surface area contributed by atoms with Gasteiger partial charge in [-0.1, -0.05) is 12.8 Å². The molecule has 16 heavy (non-hydrogen) atoms. The summed E-state index contributed by atoms with van der Waals surface area (Å²) in [5, 5.41) is 8.59. The number of aldehydes is 1. The van der Waals surface area contributed by atoms with Crippen molar-refractivity contribution in [2.75, 3.05) is 0 Å². The highest BCUT2D eigenvalue weighted by molar-refractivity contribution is 5.56. The van der Waals surface area contributed by atoms with Crippen LogP contribution in [0.5, 0.6) is 0 Å². The molecule has 86 valence electrons. The Hall–Kier alpha value is -1.19. The van der Waals surface area contributed by atoms with E-state index in [1.165, 1.54) is 25.7 Å². The molecular formula is C12H17N3O. The van der Waals surface area contributed by atoms with Crippen LogP contribution in [0, 0.1) is 0 Å². The zero-order valence-electron chi connectivity index (χ0n) is 9.43. The molecule has 1 unspecified atom stereocenters. The first-order valence-electron chi connectivity index (χ1n) is 6.29. The molecule has 1 aliphatic heterocycles. The minimum absolute atomic E-state index is 0.00523. The average Bonchev–Trinajstić information content (AvgIpc) is 2.96. The Labute approximate surface area is 95.1 Å². The summed E-state index contributed by atoms with van der Waals surface area (Å²) in [4.78, 5) is 11.1. The van der Waals surface area contributed by atoms with Gasteiger partial charge in [-0.15, -0.1) is 10.2 Å². The van der Waals surface area contributed by atoms with E-state index < -0.39 is 0 Å². The SMILES string of the molecule is O=CC1CCCc2nnc(C3CCCC3)n21. The summed E-state index contributed by atoms with van der Waals surface area (Å²) in [6.45, 7) is 0. The number of aromatic nitrogens is 3. The van der Waals surface area contributed by atoms with Gasteiger partial charge in [-0.05, 0) is 25.7 Å². The molecule has 1 aromatic heterocycles. The molecule has 1 atom stereocenters. The van der Waals surface area contributed by atoms with Crippen LogP contribution in [0.3, 0.4) is 0 Å². The fraction of sp³-hybridized carbons (Fsp3) is 0.750. The third kappa shape index (κ3) is 1.47. The van der Waals surface area contributed by atoms with Crippen molar-refractivity contribution in [1.82, 2.24) is 14.8 Å².